The molecule has 4 rings (SSSR count). The summed E-state index contributed by atoms with van der Waals surface area (Å²) in [6.07, 6.45) is 4.12. The van der Waals surface area contributed by atoms with E-state index in [0.29, 0.717) is 0 Å². The zero-order valence-electron chi connectivity index (χ0n) is 25.6. The number of benzene rings is 2. The van der Waals surface area contributed by atoms with Crippen LogP contribution in [-0.4, -0.2) is 40.3 Å². The minimum Gasteiger partial charge on any atom is -0.487 e. The first-order valence-corrected chi connectivity index (χ1v) is 21.3. The molecule has 216 valence electrons. The highest BCUT2D eigenvalue weighted by molar-refractivity contribution is 14.1. The van der Waals surface area contributed by atoms with E-state index >= 15 is 0 Å². The molecule has 0 radical (unpaired) electrons. The van der Waals surface area contributed by atoms with Crippen LogP contribution in [0.1, 0.15) is 79.4 Å². The third-order valence-corrected chi connectivity index (χ3v) is 20.9. The standard InChI is InChI=1S/C32H48I2O3Si2/c1-29(2,3)38(9)31(7,27-17-11-21-19-23(33)13-15-25(21)35-27)37-32(8,39(10)30(4,5)6)28-18-12-22-20-24(34)14-16-26(22)36-28/h13-16,19-20,27-28,38-39H,11-12,17-18H2,1-10H3/t27-,28-,31?,32?,38?,39?/m1/s1. The van der Waals surface area contributed by atoms with Crippen LogP contribution in [0.25, 0.3) is 0 Å². The van der Waals surface area contributed by atoms with E-state index in [-0.39, 0.29) is 32.7 Å². The smallest absolute Gasteiger partial charge is 0.124 e. The first-order chi connectivity index (χ1) is 17.9. The molecular formula is C32H48I2O3Si2. The second kappa shape index (κ2) is 11.5. The number of halogens is 2. The molecule has 0 aromatic heterocycles. The van der Waals surface area contributed by atoms with Gasteiger partial charge in [0.1, 0.15) is 23.7 Å². The lowest BCUT2D eigenvalue weighted by Crippen LogP contribution is -2.69. The lowest BCUT2D eigenvalue weighted by atomic mass is 9.97. The Morgan fingerprint density at radius 2 is 1.03 bits per heavy atom. The second-order valence-corrected chi connectivity index (χ2v) is 25.6. The average Bonchev–Trinajstić information content (AvgIpc) is 2.85. The van der Waals surface area contributed by atoms with Crippen molar-refractivity contribution < 1.29 is 14.2 Å². The Hall–Kier alpha value is -0.106. The van der Waals surface area contributed by atoms with Crippen molar-refractivity contribution >= 4 is 62.8 Å². The van der Waals surface area contributed by atoms with Crippen LogP contribution >= 0.6 is 45.2 Å². The van der Waals surface area contributed by atoms with E-state index in [9.17, 15) is 0 Å². The Morgan fingerprint density at radius 1 is 0.667 bits per heavy atom. The Kier molecular flexibility index (Phi) is 9.40. The fourth-order valence-electron chi connectivity index (χ4n) is 6.58. The van der Waals surface area contributed by atoms with Gasteiger partial charge in [-0.15, -0.1) is 0 Å². The van der Waals surface area contributed by atoms with Gasteiger partial charge in [0.05, 0.1) is 28.0 Å². The van der Waals surface area contributed by atoms with Crippen LogP contribution in [0.5, 0.6) is 11.5 Å². The van der Waals surface area contributed by atoms with Gasteiger partial charge < -0.3 is 14.2 Å². The molecule has 0 bridgehead atoms. The van der Waals surface area contributed by atoms with Crippen LogP contribution < -0.4 is 9.47 Å². The molecule has 2 aromatic carbocycles. The molecule has 0 N–H and O–H groups in total. The van der Waals surface area contributed by atoms with E-state index in [1.54, 1.807) is 0 Å². The molecule has 0 aliphatic carbocycles. The van der Waals surface area contributed by atoms with Gasteiger partial charge in [0.15, 0.2) is 0 Å². The molecule has 0 amide bonds. The lowest BCUT2D eigenvalue weighted by molar-refractivity contribution is -0.150. The van der Waals surface area contributed by atoms with Crippen molar-refractivity contribution in [2.45, 2.75) is 127 Å². The van der Waals surface area contributed by atoms with Gasteiger partial charge in [-0.05, 0) is 142 Å². The second-order valence-electron chi connectivity index (χ2n) is 14.4. The summed E-state index contributed by atoms with van der Waals surface area (Å²) in [6, 6.07) is 13.2. The summed E-state index contributed by atoms with van der Waals surface area (Å²) in [5, 5.41) is -0.324. The maximum Gasteiger partial charge on any atom is 0.124 e. The van der Waals surface area contributed by atoms with Crippen molar-refractivity contribution in [3.63, 3.8) is 0 Å². The van der Waals surface area contributed by atoms with Gasteiger partial charge in [0.25, 0.3) is 0 Å². The zero-order valence-corrected chi connectivity index (χ0v) is 32.2. The van der Waals surface area contributed by atoms with Crippen molar-refractivity contribution in [3.05, 3.63) is 54.7 Å². The summed E-state index contributed by atoms with van der Waals surface area (Å²) >= 11 is 4.81. The molecule has 2 heterocycles. The van der Waals surface area contributed by atoms with Crippen LogP contribution in [-0.2, 0) is 17.6 Å². The Labute approximate surface area is 268 Å². The van der Waals surface area contributed by atoms with Crippen LogP contribution in [0.2, 0.25) is 23.2 Å². The molecule has 0 fully saturated rings. The van der Waals surface area contributed by atoms with Crippen LogP contribution in [0.3, 0.4) is 0 Å². The topological polar surface area (TPSA) is 27.7 Å². The van der Waals surface area contributed by atoms with E-state index in [2.05, 4.69) is 150 Å². The van der Waals surface area contributed by atoms with E-state index in [0.717, 1.165) is 37.2 Å². The summed E-state index contributed by atoms with van der Waals surface area (Å²) in [6.45, 7) is 24.2. The lowest BCUT2D eigenvalue weighted by Gasteiger charge is -2.56. The van der Waals surface area contributed by atoms with Crippen molar-refractivity contribution in [2.75, 3.05) is 0 Å². The average molecular weight is 791 g/mol. The molecule has 0 spiro atoms. The highest BCUT2D eigenvalue weighted by atomic mass is 127. The molecule has 7 heteroatoms. The van der Waals surface area contributed by atoms with Gasteiger partial charge in [-0.3, -0.25) is 0 Å². The van der Waals surface area contributed by atoms with E-state index in [1.165, 1.54) is 18.3 Å². The van der Waals surface area contributed by atoms with Crippen LogP contribution in [0, 0.1) is 7.14 Å². The number of fused-ring (bicyclic) bond motifs is 2. The van der Waals surface area contributed by atoms with E-state index < -0.39 is 17.6 Å². The third-order valence-electron chi connectivity index (χ3n) is 9.97. The molecule has 0 saturated heterocycles. The largest absolute Gasteiger partial charge is 0.487 e. The maximum absolute atomic E-state index is 7.83. The predicted molar refractivity (Wildman–Crippen MR) is 187 cm³/mol. The summed E-state index contributed by atoms with van der Waals surface area (Å²) in [5.41, 5.74) is 2.65. The van der Waals surface area contributed by atoms with Crippen LogP contribution in [0.15, 0.2) is 36.4 Å². The fraction of sp³-hybridized carbons (Fsp3) is 0.625. The molecular weight excluding hydrogens is 742 g/mol. The summed E-state index contributed by atoms with van der Waals surface area (Å²) < 4.78 is 24.2. The molecule has 2 aromatic rings. The van der Waals surface area contributed by atoms with Crippen molar-refractivity contribution in [3.8, 4) is 11.5 Å². The Bertz CT molecular complexity index is 1100. The molecule has 2 aliphatic heterocycles. The van der Waals surface area contributed by atoms with Gasteiger partial charge in [-0.25, -0.2) is 0 Å². The molecule has 6 atom stereocenters. The number of ether oxygens (including phenoxy) is 3. The van der Waals surface area contributed by atoms with Crippen molar-refractivity contribution in [1.82, 2.24) is 0 Å². The Balaban J connectivity index is 1.77. The molecule has 0 saturated carbocycles. The monoisotopic (exact) mass is 790 g/mol. The summed E-state index contributed by atoms with van der Waals surface area (Å²) in [4.78, 5) is 0. The van der Waals surface area contributed by atoms with Gasteiger partial charge in [0, 0.05) is 7.14 Å². The molecule has 4 unspecified atom stereocenters. The summed E-state index contributed by atoms with van der Waals surface area (Å²) in [7, 11) is -3.05. The third kappa shape index (κ3) is 6.62. The quantitative estimate of drug-likeness (QED) is 0.216. The fourth-order valence-corrected chi connectivity index (χ4v) is 13.7. The van der Waals surface area contributed by atoms with E-state index in [1.807, 2.05) is 0 Å². The highest BCUT2D eigenvalue weighted by Crippen LogP contribution is 2.48. The number of rotatable bonds is 6. The van der Waals surface area contributed by atoms with Crippen molar-refractivity contribution in [1.29, 1.82) is 0 Å². The molecule has 39 heavy (non-hydrogen) atoms. The van der Waals surface area contributed by atoms with Crippen molar-refractivity contribution in [2.24, 2.45) is 0 Å². The first kappa shape index (κ1) is 31.8. The normalized spacial score (nSPS) is 24.2. The highest BCUT2D eigenvalue weighted by Gasteiger charge is 2.57. The maximum atomic E-state index is 7.83. The molecule has 2 aliphatic rings. The SMILES string of the molecule is C[SiH](C(C)(C)C)C(C)(OC(C)([C@H]1CCc2cc(I)ccc2O1)[SiH](C)C(C)(C)C)[C@H]1CCc2cc(I)ccc2O1. The number of hydrogen-bond acceptors (Lipinski definition) is 3. The number of aryl methyl sites for hydroxylation is 2. The number of hydrogen-bond donors (Lipinski definition) is 0. The zero-order chi connectivity index (χ0) is 29.0. The van der Waals surface area contributed by atoms with Gasteiger partial charge in [0.2, 0.25) is 0 Å². The van der Waals surface area contributed by atoms with Crippen LogP contribution in [0.4, 0.5) is 0 Å². The minimum absolute atomic E-state index is 0.0314. The minimum atomic E-state index is -1.52. The van der Waals surface area contributed by atoms with Gasteiger partial charge in [-0.2, -0.15) is 0 Å². The summed E-state index contributed by atoms with van der Waals surface area (Å²) in [5.74, 6) is 2.08. The predicted octanol–water partition coefficient (Wildman–Crippen LogP) is 8.91. The van der Waals surface area contributed by atoms with Gasteiger partial charge >= 0.3 is 0 Å². The first-order valence-electron chi connectivity index (χ1n) is 14.6. The van der Waals surface area contributed by atoms with Gasteiger partial charge in [-0.1, -0.05) is 54.6 Å². The van der Waals surface area contributed by atoms with E-state index in [4.69, 9.17) is 14.2 Å². The Morgan fingerprint density at radius 3 is 1.36 bits per heavy atom. The molecule has 3 nitrogen and oxygen atoms in total.